The highest BCUT2D eigenvalue weighted by Crippen LogP contribution is 2.22. The zero-order valence-electron chi connectivity index (χ0n) is 11.0. The SMILES string of the molecule is CCn1cc(COC2OC(CO)C(O)C(O)C2O)nn1. The van der Waals surface area contributed by atoms with Crippen molar-refractivity contribution in [2.24, 2.45) is 0 Å². The maximum atomic E-state index is 9.77. The minimum Gasteiger partial charge on any atom is -0.394 e. The fourth-order valence-electron chi connectivity index (χ4n) is 1.93. The molecule has 1 saturated heterocycles. The van der Waals surface area contributed by atoms with E-state index >= 15 is 0 Å². The van der Waals surface area contributed by atoms with Gasteiger partial charge in [-0.3, -0.25) is 4.68 Å². The first-order valence-electron chi connectivity index (χ1n) is 6.38. The first kappa shape index (κ1) is 15.3. The molecule has 5 atom stereocenters. The smallest absolute Gasteiger partial charge is 0.187 e. The molecule has 9 heteroatoms. The predicted molar refractivity (Wildman–Crippen MR) is 64.3 cm³/mol. The number of hydrogen-bond acceptors (Lipinski definition) is 8. The van der Waals surface area contributed by atoms with Crippen molar-refractivity contribution in [3.63, 3.8) is 0 Å². The first-order chi connectivity index (χ1) is 9.56. The molecule has 1 aliphatic rings. The van der Waals surface area contributed by atoms with Crippen LogP contribution in [0.1, 0.15) is 12.6 Å². The van der Waals surface area contributed by atoms with Gasteiger partial charge in [-0.2, -0.15) is 0 Å². The molecule has 0 saturated carbocycles. The molecule has 1 aromatic rings. The molecule has 2 rings (SSSR count). The predicted octanol–water partition coefficient (Wildman–Crippen LogP) is -2.39. The molecule has 0 spiro atoms. The highest BCUT2D eigenvalue weighted by atomic mass is 16.7. The molecule has 1 aromatic heterocycles. The summed E-state index contributed by atoms with van der Waals surface area (Å²) in [5, 5.41) is 45.7. The van der Waals surface area contributed by atoms with Crippen LogP contribution >= 0.6 is 0 Å². The zero-order valence-corrected chi connectivity index (χ0v) is 11.0. The first-order valence-corrected chi connectivity index (χ1v) is 6.38. The second-order valence-electron chi connectivity index (χ2n) is 4.57. The average molecular weight is 289 g/mol. The van der Waals surface area contributed by atoms with Gasteiger partial charge in [-0.25, -0.2) is 0 Å². The third-order valence-electron chi connectivity index (χ3n) is 3.15. The lowest BCUT2D eigenvalue weighted by molar-refractivity contribution is -0.304. The number of aromatic nitrogens is 3. The van der Waals surface area contributed by atoms with Gasteiger partial charge in [0.2, 0.25) is 0 Å². The molecule has 1 fully saturated rings. The lowest BCUT2D eigenvalue weighted by Gasteiger charge is -2.39. The number of rotatable bonds is 5. The molecule has 0 amide bonds. The Bertz CT molecular complexity index is 426. The van der Waals surface area contributed by atoms with Crippen molar-refractivity contribution < 1.29 is 29.9 Å². The quantitative estimate of drug-likeness (QED) is 0.472. The van der Waals surface area contributed by atoms with Crippen LogP contribution in [0.4, 0.5) is 0 Å². The molecule has 9 nitrogen and oxygen atoms in total. The second kappa shape index (κ2) is 6.57. The Labute approximate surface area is 115 Å². The number of aliphatic hydroxyl groups excluding tert-OH is 4. The Kier molecular flexibility index (Phi) is 5.02. The second-order valence-corrected chi connectivity index (χ2v) is 4.57. The van der Waals surface area contributed by atoms with Gasteiger partial charge in [-0.15, -0.1) is 5.10 Å². The minimum atomic E-state index is -1.45. The van der Waals surface area contributed by atoms with E-state index in [1.807, 2.05) is 6.92 Å². The number of nitrogens with zero attached hydrogens (tertiary/aromatic N) is 3. The van der Waals surface area contributed by atoms with E-state index in [0.717, 1.165) is 0 Å². The van der Waals surface area contributed by atoms with Gasteiger partial charge in [-0.1, -0.05) is 5.21 Å². The summed E-state index contributed by atoms with van der Waals surface area (Å²) in [4.78, 5) is 0. The molecule has 1 aliphatic heterocycles. The Morgan fingerprint density at radius 1 is 1.30 bits per heavy atom. The van der Waals surface area contributed by atoms with Crippen molar-refractivity contribution in [1.82, 2.24) is 15.0 Å². The fraction of sp³-hybridized carbons (Fsp3) is 0.818. The van der Waals surface area contributed by atoms with Crippen LogP contribution in [0.25, 0.3) is 0 Å². The van der Waals surface area contributed by atoms with Crippen LogP contribution in [0.15, 0.2) is 6.20 Å². The largest absolute Gasteiger partial charge is 0.394 e. The molecule has 2 heterocycles. The van der Waals surface area contributed by atoms with Crippen LogP contribution in [0.3, 0.4) is 0 Å². The van der Waals surface area contributed by atoms with Gasteiger partial charge in [0.15, 0.2) is 6.29 Å². The van der Waals surface area contributed by atoms with Crippen LogP contribution in [0, 0.1) is 0 Å². The Morgan fingerprint density at radius 3 is 2.65 bits per heavy atom. The molecule has 0 radical (unpaired) electrons. The third kappa shape index (κ3) is 3.14. The standard InChI is InChI=1S/C11H19N3O6/c1-2-14-3-6(12-13-14)5-19-11-10(18)9(17)8(16)7(4-15)20-11/h3,7-11,15-18H,2,4-5H2,1H3. The summed E-state index contributed by atoms with van der Waals surface area (Å²) in [7, 11) is 0. The average Bonchev–Trinajstić information content (AvgIpc) is 2.92. The lowest BCUT2D eigenvalue weighted by Crippen LogP contribution is -2.59. The summed E-state index contributed by atoms with van der Waals surface area (Å²) in [6.45, 7) is 2.13. The molecule has 5 unspecified atom stereocenters. The molecule has 20 heavy (non-hydrogen) atoms. The van der Waals surface area contributed by atoms with Crippen LogP contribution in [-0.4, -0.2) is 72.7 Å². The number of ether oxygens (including phenoxy) is 2. The van der Waals surface area contributed by atoms with E-state index < -0.39 is 37.3 Å². The van der Waals surface area contributed by atoms with Crippen LogP contribution in [0.2, 0.25) is 0 Å². The van der Waals surface area contributed by atoms with Gasteiger partial charge < -0.3 is 29.9 Å². The molecular weight excluding hydrogens is 270 g/mol. The van der Waals surface area contributed by atoms with E-state index in [-0.39, 0.29) is 6.61 Å². The maximum absolute atomic E-state index is 9.77. The molecule has 114 valence electrons. The minimum absolute atomic E-state index is 0.0304. The zero-order chi connectivity index (χ0) is 14.7. The Morgan fingerprint density at radius 2 is 2.05 bits per heavy atom. The molecular formula is C11H19N3O6. The highest BCUT2D eigenvalue weighted by Gasteiger charge is 2.44. The van der Waals surface area contributed by atoms with Gasteiger partial charge in [0, 0.05) is 6.54 Å². The van der Waals surface area contributed by atoms with Crippen molar-refractivity contribution in [1.29, 1.82) is 0 Å². The van der Waals surface area contributed by atoms with E-state index in [2.05, 4.69) is 10.3 Å². The van der Waals surface area contributed by atoms with Crippen molar-refractivity contribution in [2.45, 2.75) is 50.8 Å². The van der Waals surface area contributed by atoms with Crippen molar-refractivity contribution in [2.75, 3.05) is 6.61 Å². The van der Waals surface area contributed by atoms with Crippen molar-refractivity contribution in [3.8, 4) is 0 Å². The van der Waals surface area contributed by atoms with Crippen LogP contribution in [0.5, 0.6) is 0 Å². The van der Waals surface area contributed by atoms with Crippen molar-refractivity contribution >= 4 is 0 Å². The monoisotopic (exact) mass is 289 g/mol. The van der Waals surface area contributed by atoms with Crippen molar-refractivity contribution in [3.05, 3.63) is 11.9 Å². The van der Waals surface area contributed by atoms with Gasteiger partial charge >= 0.3 is 0 Å². The van der Waals surface area contributed by atoms with Gasteiger partial charge in [0.05, 0.1) is 19.4 Å². The van der Waals surface area contributed by atoms with Crippen LogP contribution in [-0.2, 0) is 22.6 Å². The third-order valence-corrected chi connectivity index (χ3v) is 3.15. The number of aryl methyl sites for hydroxylation is 1. The number of aliphatic hydroxyl groups is 4. The highest BCUT2D eigenvalue weighted by molar-refractivity contribution is 4.92. The Balaban J connectivity index is 1.94. The lowest BCUT2D eigenvalue weighted by atomic mass is 9.99. The molecule has 0 aliphatic carbocycles. The maximum Gasteiger partial charge on any atom is 0.187 e. The van der Waals surface area contributed by atoms with E-state index in [0.29, 0.717) is 12.2 Å². The van der Waals surface area contributed by atoms with Gasteiger partial charge in [-0.05, 0) is 6.92 Å². The summed E-state index contributed by atoms with van der Waals surface area (Å²) in [6.07, 6.45) is -4.70. The van der Waals surface area contributed by atoms with Crippen LogP contribution < -0.4 is 0 Å². The normalized spacial score (nSPS) is 34.4. The van der Waals surface area contributed by atoms with E-state index in [1.54, 1.807) is 10.9 Å². The summed E-state index contributed by atoms with van der Waals surface area (Å²) < 4.78 is 12.1. The fourth-order valence-corrected chi connectivity index (χ4v) is 1.93. The summed E-state index contributed by atoms with van der Waals surface area (Å²) in [5.41, 5.74) is 0.545. The summed E-state index contributed by atoms with van der Waals surface area (Å²) in [5.74, 6) is 0. The summed E-state index contributed by atoms with van der Waals surface area (Å²) in [6, 6.07) is 0. The summed E-state index contributed by atoms with van der Waals surface area (Å²) >= 11 is 0. The van der Waals surface area contributed by atoms with E-state index in [1.165, 1.54) is 0 Å². The molecule has 0 bridgehead atoms. The van der Waals surface area contributed by atoms with Gasteiger partial charge in [0.1, 0.15) is 30.1 Å². The topological polar surface area (TPSA) is 130 Å². The van der Waals surface area contributed by atoms with E-state index in [4.69, 9.17) is 14.6 Å². The Hall–Kier alpha value is -1.10. The molecule has 0 aromatic carbocycles. The van der Waals surface area contributed by atoms with Gasteiger partial charge in [0.25, 0.3) is 0 Å². The molecule has 4 N–H and O–H groups in total. The van der Waals surface area contributed by atoms with E-state index in [9.17, 15) is 15.3 Å². The number of hydrogen-bond donors (Lipinski definition) is 4.